The summed E-state index contributed by atoms with van der Waals surface area (Å²) in [5.41, 5.74) is 0.0457. The largest absolute Gasteiger partial charge is 0.481 e. The fourth-order valence-corrected chi connectivity index (χ4v) is 1.21. The van der Waals surface area contributed by atoms with Gasteiger partial charge in [-0.25, -0.2) is 4.79 Å². The molecule has 0 aromatic rings. The molecular weight excluding hydrogens is 232 g/mol. The standard InChI is InChI=1S/C13H26N2O3/c1-9(2)13(4,5)8-15-12(18)14-7-10(3)6-11(16)17/h9-10H,6-8H2,1-5H3,(H,16,17)(H2,14,15,18). The van der Waals surface area contributed by atoms with Gasteiger partial charge in [-0.1, -0.05) is 34.6 Å². The Balaban J connectivity index is 3.89. The van der Waals surface area contributed by atoms with Crippen LogP contribution in [0.5, 0.6) is 0 Å². The average Bonchev–Trinajstić information content (AvgIpc) is 2.22. The van der Waals surface area contributed by atoms with Crippen molar-refractivity contribution in [1.29, 1.82) is 0 Å². The van der Waals surface area contributed by atoms with Gasteiger partial charge in [-0.2, -0.15) is 0 Å². The van der Waals surface area contributed by atoms with Crippen molar-refractivity contribution < 1.29 is 14.7 Å². The van der Waals surface area contributed by atoms with Gasteiger partial charge in [0.15, 0.2) is 0 Å². The molecule has 0 saturated heterocycles. The van der Waals surface area contributed by atoms with Crippen LogP contribution < -0.4 is 10.6 Å². The Bertz CT molecular complexity index is 288. The van der Waals surface area contributed by atoms with Crippen LogP contribution in [-0.2, 0) is 4.79 Å². The second-order valence-electron chi connectivity index (χ2n) is 5.91. The smallest absolute Gasteiger partial charge is 0.314 e. The molecule has 106 valence electrons. The fourth-order valence-electron chi connectivity index (χ4n) is 1.21. The first-order valence-corrected chi connectivity index (χ1v) is 6.38. The number of urea groups is 1. The minimum absolute atomic E-state index is 0.0457. The average molecular weight is 258 g/mol. The van der Waals surface area contributed by atoms with Gasteiger partial charge >= 0.3 is 12.0 Å². The number of nitrogens with one attached hydrogen (secondary N) is 2. The van der Waals surface area contributed by atoms with E-state index < -0.39 is 5.97 Å². The first-order valence-electron chi connectivity index (χ1n) is 6.38. The predicted octanol–water partition coefficient (Wildman–Crippen LogP) is 2.08. The topological polar surface area (TPSA) is 78.4 Å². The maximum atomic E-state index is 11.5. The second kappa shape index (κ2) is 7.24. The molecule has 1 atom stereocenters. The molecule has 0 aromatic carbocycles. The van der Waals surface area contributed by atoms with E-state index in [4.69, 9.17) is 5.11 Å². The van der Waals surface area contributed by atoms with Crippen LogP contribution in [0.15, 0.2) is 0 Å². The summed E-state index contributed by atoms with van der Waals surface area (Å²) in [5.74, 6) is -0.430. The third-order valence-corrected chi connectivity index (χ3v) is 3.40. The molecule has 0 aliphatic rings. The van der Waals surface area contributed by atoms with Crippen LogP contribution in [0.3, 0.4) is 0 Å². The quantitative estimate of drug-likeness (QED) is 0.654. The molecule has 0 radical (unpaired) electrons. The molecular formula is C13H26N2O3. The van der Waals surface area contributed by atoms with Crippen molar-refractivity contribution in [2.24, 2.45) is 17.3 Å². The lowest BCUT2D eigenvalue weighted by molar-refractivity contribution is -0.137. The molecule has 2 amide bonds. The molecule has 0 rings (SSSR count). The molecule has 0 heterocycles. The van der Waals surface area contributed by atoms with E-state index in [1.54, 1.807) is 6.92 Å². The number of hydrogen-bond acceptors (Lipinski definition) is 2. The number of aliphatic carboxylic acids is 1. The van der Waals surface area contributed by atoms with Crippen LogP contribution in [0.25, 0.3) is 0 Å². The van der Waals surface area contributed by atoms with E-state index in [1.165, 1.54) is 0 Å². The third-order valence-electron chi connectivity index (χ3n) is 3.40. The number of carboxylic acids is 1. The van der Waals surface area contributed by atoms with Gasteiger partial charge in [-0.15, -0.1) is 0 Å². The minimum Gasteiger partial charge on any atom is -0.481 e. The van der Waals surface area contributed by atoms with Gasteiger partial charge in [0.2, 0.25) is 0 Å². The summed E-state index contributed by atoms with van der Waals surface area (Å²) in [7, 11) is 0. The van der Waals surface area contributed by atoms with Gasteiger partial charge in [0.1, 0.15) is 0 Å². The Morgan fingerprint density at radius 3 is 2.17 bits per heavy atom. The fraction of sp³-hybridized carbons (Fsp3) is 0.846. The van der Waals surface area contributed by atoms with Crippen LogP contribution in [0.2, 0.25) is 0 Å². The molecule has 0 bridgehead atoms. The maximum absolute atomic E-state index is 11.5. The number of carbonyl (C=O) groups is 2. The second-order valence-corrected chi connectivity index (χ2v) is 5.91. The summed E-state index contributed by atoms with van der Waals surface area (Å²) < 4.78 is 0. The first-order chi connectivity index (χ1) is 8.15. The summed E-state index contributed by atoms with van der Waals surface area (Å²) >= 11 is 0. The van der Waals surface area contributed by atoms with Gasteiger partial charge in [0.05, 0.1) is 0 Å². The molecule has 0 aliphatic carbocycles. The van der Waals surface area contributed by atoms with Crippen molar-refractivity contribution in [2.75, 3.05) is 13.1 Å². The highest BCUT2D eigenvalue weighted by atomic mass is 16.4. The predicted molar refractivity (Wildman–Crippen MR) is 71.4 cm³/mol. The van der Waals surface area contributed by atoms with Crippen molar-refractivity contribution in [1.82, 2.24) is 10.6 Å². The van der Waals surface area contributed by atoms with E-state index in [-0.39, 0.29) is 23.8 Å². The van der Waals surface area contributed by atoms with E-state index in [0.717, 1.165) is 0 Å². The molecule has 0 spiro atoms. The molecule has 5 heteroatoms. The number of rotatable bonds is 7. The van der Waals surface area contributed by atoms with Crippen molar-refractivity contribution in [3.8, 4) is 0 Å². The Kier molecular flexibility index (Phi) is 6.73. The summed E-state index contributed by atoms with van der Waals surface area (Å²) in [6.07, 6.45) is 0.0672. The molecule has 3 N–H and O–H groups in total. The highest BCUT2D eigenvalue weighted by Gasteiger charge is 2.22. The summed E-state index contributed by atoms with van der Waals surface area (Å²) in [6.45, 7) is 11.2. The van der Waals surface area contributed by atoms with Crippen molar-refractivity contribution in [2.45, 2.75) is 41.0 Å². The molecule has 1 unspecified atom stereocenters. The van der Waals surface area contributed by atoms with Crippen molar-refractivity contribution in [3.63, 3.8) is 0 Å². The summed E-state index contributed by atoms with van der Waals surface area (Å²) in [4.78, 5) is 22.0. The van der Waals surface area contributed by atoms with Gasteiger partial charge in [-0.05, 0) is 17.3 Å². The first kappa shape index (κ1) is 16.7. The highest BCUT2D eigenvalue weighted by molar-refractivity contribution is 5.74. The Hall–Kier alpha value is -1.26. The molecule has 0 aromatic heterocycles. The lowest BCUT2D eigenvalue weighted by Gasteiger charge is -2.29. The van der Waals surface area contributed by atoms with Gasteiger partial charge in [0, 0.05) is 19.5 Å². The zero-order chi connectivity index (χ0) is 14.3. The van der Waals surface area contributed by atoms with Crippen LogP contribution in [0.4, 0.5) is 4.79 Å². The minimum atomic E-state index is -0.842. The molecule has 0 fully saturated rings. The molecule has 18 heavy (non-hydrogen) atoms. The molecule has 5 nitrogen and oxygen atoms in total. The van der Waals surface area contributed by atoms with Gasteiger partial charge in [0.25, 0.3) is 0 Å². The van der Waals surface area contributed by atoms with E-state index in [0.29, 0.717) is 19.0 Å². The molecule has 0 saturated carbocycles. The van der Waals surface area contributed by atoms with E-state index in [2.05, 4.69) is 38.3 Å². The number of carbonyl (C=O) groups excluding carboxylic acids is 1. The Labute approximate surface area is 109 Å². The lowest BCUT2D eigenvalue weighted by atomic mass is 9.81. The van der Waals surface area contributed by atoms with Crippen molar-refractivity contribution in [3.05, 3.63) is 0 Å². The SMILES string of the molecule is CC(CNC(=O)NCC(C)(C)C(C)C)CC(=O)O. The summed E-state index contributed by atoms with van der Waals surface area (Å²) in [5, 5.41) is 14.1. The number of amides is 2. The Morgan fingerprint density at radius 1 is 1.17 bits per heavy atom. The van der Waals surface area contributed by atoms with Crippen LogP contribution in [0.1, 0.15) is 41.0 Å². The normalized spacial score (nSPS) is 13.2. The maximum Gasteiger partial charge on any atom is 0.314 e. The van der Waals surface area contributed by atoms with E-state index >= 15 is 0 Å². The third kappa shape index (κ3) is 7.14. The van der Waals surface area contributed by atoms with Gasteiger partial charge < -0.3 is 15.7 Å². The zero-order valence-electron chi connectivity index (χ0n) is 12.0. The van der Waals surface area contributed by atoms with E-state index in [9.17, 15) is 9.59 Å². The monoisotopic (exact) mass is 258 g/mol. The van der Waals surface area contributed by atoms with Gasteiger partial charge in [-0.3, -0.25) is 4.79 Å². The van der Waals surface area contributed by atoms with Crippen molar-refractivity contribution >= 4 is 12.0 Å². The van der Waals surface area contributed by atoms with Crippen LogP contribution >= 0.6 is 0 Å². The van der Waals surface area contributed by atoms with Crippen LogP contribution in [0, 0.1) is 17.3 Å². The number of hydrogen-bond donors (Lipinski definition) is 3. The summed E-state index contributed by atoms with van der Waals surface area (Å²) in [6, 6.07) is -0.235. The molecule has 0 aliphatic heterocycles. The van der Waals surface area contributed by atoms with Crippen LogP contribution in [-0.4, -0.2) is 30.2 Å². The van der Waals surface area contributed by atoms with E-state index in [1.807, 2.05) is 0 Å². The number of carboxylic acid groups (broad SMARTS) is 1. The highest BCUT2D eigenvalue weighted by Crippen LogP contribution is 2.24. The zero-order valence-corrected chi connectivity index (χ0v) is 12.0. The Morgan fingerprint density at radius 2 is 1.72 bits per heavy atom. The lowest BCUT2D eigenvalue weighted by Crippen LogP contribution is -2.43.